The molecular weight excluding hydrogens is 314 g/mol. The fourth-order valence-electron chi connectivity index (χ4n) is 3.07. The zero-order valence-corrected chi connectivity index (χ0v) is 15.1. The first kappa shape index (κ1) is 17.5. The number of anilines is 3. The second kappa shape index (κ2) is 8.67. The van der Waals surface area contributed by atoms with Gasteiger partial charge in [0.15, 0.2) is 0 Å². The normalized spacial score (nSPS) is 14.6. The maximum absolute atomic E-state index is 5.08. The number of hydrogen-bond acceptors (Lipinski definition) is 6. The lowest BCUT2D eigenvalue weighted by atomic mass is 10.2. The number of nitrogens with one attached hydrogen (secondary N) is 1. The number of benzene rings is 1. The summed E-state index contributed by atoms with van der Waals surface area (Å²) in [6.45, 7) is 7.50. The molecule has 3 rings (SSSR count). The van der Waals surface area contributed by atoms with Gasteiger partial charge in [-0.3, -0.25) is 0 Å². The van der Waals surface area contributed by atoms with Crippen molar-refractivity contribution in [2.45, 2.75) is 13.3 Å². The molecule has 6 heteroatoms. The average Bonchev–Trinajstić information content (AvgIpc) is 2.66. The molecule has 25 heavy (non-hydrogen) atoms. The smallest absolute Gasteiger partial charge is 0.134 e. The summed E-state index contributed by atoms with van der Waals surface area (Å²) in [4.78, 5) is 13.9. The Morgan fingerprint density at radius 1 is 1.04 bits per heavy atom. The van der Waals surface area contributed by atoms with Crippen LogP contribution in [0.3, 0.4) is 0 Å². The first-order chi connectivity index (χ1) is 12.3. The minimum atomic E-state index is 0.755. The van der Waals surface area contributed by atoms with Gasteiger partial charge in [0.2, 0.25) is 0 Å². The zero-order chi connectivity index (χ0) is 17.5. The molecule has 1 N–H and O–H groups in total. The standard InChI is InChI=1S/C19H27N5O/c1-16-21-18(20-9-6-14-25-2)15-19(22-16)24-12-10-23(11-13-24)17-7-4-3-5-8-17/h3-5,7-8,15H,6,9-14H2,1-2H3,(H,20,21,22). The van der Waals surface area contributed by atoms with Crippen molar-refractivity contribution in [1.29, 1.82) is 0 Å². The van der Waals surface area contributed by atoms with Crippen LogP contribution in [0.4, 0.5) is 17.3 Å². The van der Waals surface area contributed by atoms with E-state index >= 15 is 0 Å². The van der Waals surface area contributed by atoms with Crippen molar-refractivity contribution in [3.05, 3.63) is 42.2 Å². The van der Waals surface area contributed by atoms with Crippen LogP contribution in [0.5, 0.6) is 0 Å². The summed E-state index contributed by atoms with van der Waals surface area (Å²) in [5.74, 6) is 2.70. The third-order valence-electron chi connectivity index (χ3n) is 4.38. The van der Waals surface area contributed by atoms with E-state index in [0.717, 1.165) is 63.2 Å². The van der Waals surface area contributed by atoms with Crippen LogP contribution in [0, 0.1) is 6.92 Å². The fraction of sp³-hybridized carbons (Fsp3) is 0.474. The van der Waals surface area contributed by atoms with Gasteiger partial charge in [-0.1, -0.05) is 18.2 Å². The maximum atomic E-state index is 5.08. The number of aryl methyl sites for hydroxylation is 1. The summed E-state index contributed by atoms with van der Waals surface area (Å²) in [5, 5.41) is 3.37. The highest BCUT2D eigenvalue weighted by Crippen LogP contribution is 2.20. The van der Waals surface area contributed by atoms with E-state index in [1.807, 2.05) is 6.92 Å². The third-order valence-corrected chi connectivity index (χ3v) is 4.38. The molecular formula is C19H27N5O. The van der Waals surface area contributed by atoms with Crippen molar-refractivity contribution < 1.29 is 4.74 Å². The molecule has 2 aromatic rings. The van der Waals surface area contributed by atoms with E-state index in [9.17, 15) is 0 Å². The number of methoxy groups -OCH3 is 1. The van der Waals surface area contributed by atoms with Crippen LogP contribution in [0.2, 0.25) is 0 Å². The van der Waals surface area contributed by atoms with E-state index in [0.29, 0.717) is 0 Å². The number of piperazine rings is 1. The molecule has 134 valence electrons. The van der Waals surface area contributed by atoms with E-state index in [2.05, 4.69) is 61.5 Å². The van der Waals surface area contributed by atoms with E-state index in [-0.39, 0.29) is 0 Å². The zero-order valence-electron chi connectivity index (χ0n) is 15.1. The van der Waals surface area contributed by atoms with Gasteiger partial charge in [0.1, 0.15) is 17.5 Å². The lowest BCUT2D eigenvalue weighted by molar-refractivity contribution is 0.198. The molecule has 1 aliphatic heterocycles. The topological polar surface area (TPSA) is 53.5 Å². The van der Waals surface area contributed by atoms with Crippen LogP contribution in [0.15, 0.2) is 36.4 Å². The first-order valence-corrected chi connectivity index (χ1v) is 8.90. The predicted molar refractivity (Wildman–Crippen MR) is 103 cm³/mol. The van der Waals surface area contributed by atoms with E-state index in [1.165, 1.54) is 5.69 Å². The molecule has 0 radical (unpaired) electrons. The third kappa shape index (κ3) is 4.82. The van der Waals surface area contributed by atoms with Gasteiger partial charge in [0.05, 0.1) is 0 Å². The minimum Gasteiger partial charge on any atom is -0.385 e. The Hall–Kier alpha value is -2.34. The van der Waals surface area contributed by atoms with Gasteiger partial charge in [0, 0.05) is 58.2 Å². The summed E-state index contributed by atoms with van der Waals surface area (Å²) < 4.78 is 5.08. The number of rotatable bonds is 7. The van der Waals surface area contributed by atoms with E-state index < -0.39 is 0 Å². The second-order valence-corrected chi connectivity index (χ2v) is 6.24. The highest BCUT2D eigenvalue weighted by atomic mass is 16.5. The number of hydrogen-bond donors (Lipinski definition) is 1. The molecule has 0 unspecified atom stereocenters. The largest absolute Gasteiger partial charge is 0.385 e. The van der Waals surface area contributed by atoms with E-state index in [1.54, 1.807) is 7.11 Å². The van der Waals surface area contributed by atoms with Crippen molar-refractivity contribution >= 4 is 17.3 Å². The van der Waals surface area contributed by atoms with Crippen molar-refractivity contribution in [2.24, 2.45) is 0 Å². The Bertz CT molecular complexity index is 656. The highest BCUT2D eigenvalue weighted by molar-refractivity contribution is 5.52. The number of aromatic nitrogens is 2. The monoisotopic (exact) mass is 341 g/mol. The fourth-order valence-corrected chi connectivity index (χ4v) is 3.07. The molecule has 0 bridgehead atoms. The van der Waals surface area contributed by atoms with Gasteiger partial charge in [0.25, 0.3) is 0 Å². The molecule has 0 saturated carbocycles. The molecule has 1 aliphatic rings. The minimum absolute atomic E-state index is 0.755. The second-order valence-electron chi connectivity index (χ2n) is 6.24. The predicted octanol–water partition coefficient (Wildman–Crippen LogP) is 2.56. The van der Waals surface area contributed by atoms with Crippen molar-refractivity contribution in [3.8, 4) is 0 Å². The first-order valence-electron chi connectivity index (χ1n) is 8.90. The molecule has 1 saturated heterocycles. The maximum Gasteiger partial charge on any atom is 0.134 e. The quantitative estimate of drug-likeness (QED) is 0.781. The van der Waals surface area contributed by atoms with E-state index in [4.69, 9.17) is 4.74 Å². The van der Waals surface area contributed by atoms with Crippen LogP contribution < -0.4 is 15.1 Å². The van der Waals surface area contributed by atoms with Gasteiger partial charge < -0.3 is 19.9 Å². The molecule has 0 aliphatic carbocycles. The van der Waals surface area contributed by atoms with Crippen LogP contribution in [-0.4, -0.2) is 56.4 Å². The molecule has 2 heterocycles. The summed E-state index contributed by atoms with van der Waals surface area (Å²) in [6, 6.07) is 12.6. The summed E-state index contributed by atoms with van der Waals surface area (Å²) in [6.07, 6.45) is 0.963. The Morgan fingerprint density at radius 3 is 2.48 bits per heavy atom. The Kier molecular flexibility index (Phi) is 6.06. The summed E-state index contributed by atoms with van der Waals surface area (Å²) in [5.41, 5.74) is 1.29. The molecule has 0 spiro atoms. The average molecular weight is 341 g/mol. The molecule has 1 aromatic carbocycles. The number of nitrogens with zero attached hydrogens (tertiary/aromatic N) is 4. The van der Waals surface area contributed by atoms with Gasteiger partial charge in [-0.15, -0.1) is 0 Å². The van der Waals surface area contributed by atoms with Crippen LogP contribution in [0.1, 0.15) is 12.2 Å². The molecule has 1 fully saturated rings. The Morgan fingerprint density at radius 2 is 1.76 bits per heavy atom. The van der Waals surface area contributed by atoms with Gasteiger partial charge in [-0.05, 0) is 25.5 Å². The number of ether oxygens (including phenoxy) is 1. The summed E-state index contributed by atoms with van der Waals surface area (Å²) in [7, 11) is 1.72. The van der Waals surface area contributed by atoms with Crippen LogP contribution in [-0.2, 0) is 4.74 Å². The van der Waals surface area contributed by atoms with Gasteiger partial charge in [-0.25, -0.2) is 9.97 Å². The van der Waals surface area contributed by atoms with Gasteiger partial charge >= 0.3 is 0 Å². The van der Waals surface area contributed by atoms with Crippen molar-refractivity contribution in [1.82, 2.24) is 9.97 Å². The van der Waals surface area contributed by atoms with Crippen LogP contribution in [0.25, 0.3) is 0 Å². The van der Waals surface area contributed by atoms with Gasteiger partial charge in [-0.2, -0.15) is 0 Å². The number of para-hydroxylation sites is 1. The Balaban J connectivity index is 1.60. The van der Waals surface area contributed by atoms with Crippen LogP contribution >= 0.6 is 0 Å². The molecule has 0 amide bonds. The molecule has 0 atom stereocenters. The lowest BCUT2D eigenvalue weighted by Gasteiger charge is -2.36. The SMILES string of the molecule is COCCCNc1cc(N2CCN(c3ccccc3)CC2)nc(C)n1. The molecule has 1 aromatic heterocycles. The highest BCUT2D eigenvalue weighted by Gasteiger charge is 2.19. The Labute approximate surface area is 149 Å². The van der Waals surface area contributed by atoms with Crippen molar-refractivity contribution in [3.63, 3.8) is 0 Å². The molecule has 6 nitrogen and oxygen atoms in total. The van der Waals surface area contributed by atoms with Crippen molar-refractivity contribution in [2.75, 3.05) is 61.6 Å². The summed E-state index contributed by atoms with van der Waals surface area (Å²) >= 11 is 0. The lowest BCUT2D eigenvalue weighted by Crippen LogP contribution is -2.46.